The summed E-state index contributed by atoms with van der Waals surface area (Å²) in [5, 5.41) is 2.93. The maximum absolute atomic E-state index is 5.97. The number of hydrogen-bond donors (Lipinski definition) is 1. The van der Waals surface area contributed by atoms with Gasteiger partial charge in [0.2, 0.25) is 0 Å². The smallest absolute Gasteiger partial charge is 0.138 e. The zero-order chi connectivity index (χ0) is 10.4. The highest BCUT2D eigenvalue weighted by molar-refractivity contribution is 9.10. The summed E-state index contributed by atoms with van der Waals surface area (Å²) >= 11 is 9.38. The van der Waals surface area contributed by atoms with Crippen LogP contribution in [0.4, 0.5) is 0 Å². The summed E-state index contributed by atoms with van der Waals surface area (Å²) in [6.07, 6.45) is 1.78. The van der Waals surface area contributed by atoms with Crippen LogP contribution in [0.2, 0.25) is 5.02 Å². The van der Waals surface area contributed by atoms with E-state index in [-0.39, 0.29) is 0 Å². The molecule has 74 valence electrons. The number of H-pyrrole nitrogens is 1. The van der Waals surface area contributed by atoms with E-state index in [1.165, 1.54) is 0 Å². The van der Waals surface area contributed by atoms with E-state index < -0.39 is 0 Å². The fourth-order valence-electron chi connectivity index (χ4n) is 1.72. The van der Waals surface area contributed by atoms with Crippen LogP contribution in [0.15, 0.2) is 34.9 Å². The van der Waals surface area contributed by atoms with E-state index in [2.05, 4.69) is 25.9 Å². The average Bonchev–Trinajstić information content (AvgIpc) is 2.56. The lowest BCUT2D eigenvalue weighted by Crippen LogP contribution is -1.74. The second-order valence-corrected chi connectivity index (χ2v) is 4.72. The molecule has 0 aliphatic carbocycles. The number of aromatic amines is 1. The van der Waals surface area contributed by atoms with E-state index in [1.54, 1.807) is 6.20 Å². The highest BCUT2D eigenvalue weighted by atomic mass is 79.9. The van der Waals surface area contributed by atoms with Gasteiger partial charge >= 0.3 is 0 Å². The number of rotatable bonds is 0. The topological polar surface area (TPSA) is 28.7 Å². The van der Waals surface area contributed by atoms with Crippen LogP contribution in [0, 0.1) is 0 Å². The van der Waals surface area contributed by atoms with Crippen molar-refractivity contribution >= 4 is 49.5 Å². The van der Waals surface area contributed by atoms with Gasteiger partial charge in [0.1, 0.15) is 5.65 Å². The van der Waals surface area contributed by atoms with Crippen molar-refractivity contribution in [3.8, 4) is 0 Å². The van der Waals surface area contributed by atoms with Gasteiger partial charge in [-0.2, -0.15) is 0 Å². The first kappa shape index (κ1) is 9.19. The van der Waals surface area contributed by atoms with Gasteiger partial charge in [0.25, 0.3) is 0 Å². The molecule has 1 aromatic carbocycles. The number of pyridine rings is 1. The largest absolute Gasteiger partial charge is 0.339 e. The van der Waals surface area contributed by atoms with Crippen molar-refractivity contribution in [2.45, 2.75) is 0 Å². The Morgan fingerprint density at radius 3 is 2.93 bits per heavy atom. The van der Waals surface area contributed by atoms with Crippen LogP contribution in [0.3, 0.4) is 0 Å². The molecule has 3 aromatic rings. The molecular weight excluding hydrogens is 275 g/mol. The Kier molecular flexibility index (Phi) is 1.97. The van der Waals surface area contributed by atoms with Crippen molar-refractivity contribution in [2.75, 3.05) is 0 Å². The minimum atomic E-state index is 0.739. The molecule has 15 heavy (non-hydrogen) atoms. The van der Waals surface area contributed by atoms with Gasteiger partial charge in [0.15, 0.2) is 0 Å². The number of fused-ring (bicyclic) bond motifs is 3. The predicted molar refractivity (Wildman–Crippen MR) is 66.3 cm³/mol. The van der Waals surface area contributed by atoms with Crippen molar-refractivity contribution < 1.29 is 0 Å². The van der Waals surface area contributed by atoms with E-state index >= 15 is 0 Å². The molecule has 0 atom stereocenters. The summed E-state index contributed by atoms with van der Waals surface area (Å²) < 4.78 is 0.968. The lowest BCUT2D eigenvalue weighted by atomic mass is 10.2. The van der Waals surface area contributed by atoms with Gasteiger partial charge in [-0.1, -0.05) is 11.6 Å². The Bertz CT molecular complexity index is 604. The molecular formula is C11H6BrClN2. The molecule has 2 aromatic heterocycles. The molecule has 0 aliphatic rings. The van der Waals surface area contributed by atoms with E-state index in [0.717, 1.165) is 31.4 Å². The van der Waals surface area contributed by atoms with Gasteiger partial charge in [-0.25, -0.2) is 4.98 Å². The van der Waals surface area contributed by atoms with Crippen LogP contribution in [0.1, 0.15) is 0 Å². The first-order valence-electron chi connectivity index (χ1n) is 4.46. The number of nitrogens with one attached hydrogen (secondary N) is 1. The van der Waals surface area contributed by atoms with Gasteiger partial charge < -0.3 is 4.98 Å². The Hall–Kier alpha value is -1.06. The van der Waals surface area contributed by atoms with Crippen molar-refractivity contribution in [3.63, 3.8) is 0 Å². The van der Waals surface area contributed by atoms with Crippen molar-refractivity contribution in [3.05, 3.63) is 40.0 Å². The minimum absolute atomic E-state index is 0.739. The molecule has 0 saturated carbocycles. The number of halogens is 2. The molecule has 0 radical (unpaired) electrons. The fraction of sp³-hybridized carbons (Fsp3) is 0. The zero-order valence-corrected chi connectivity index (χ0v) is 9.93. The minimum Gasteiger partial charge on any atom is -0.339 e. The summed E-state index contributed by atoms with van der Waals surface area (Å²) in [6.45, 7) is 0. The molecule has 0 unspecified atom stereocenters. The Morgan fingerprint density at radius 2 is 2.07 bits per heavy atom. The molecule has 2 nitrogen and oxygen atoms in total. The lowest BCUT2D eigenvalue weighted by molar-refractivity contribution is 1.33. The maximum Gasteiger partial charge on any atom is 0.138 e. The molecule has 0 fully saturated rings. The molecule has 4 heteroatoms. The first-order valence-corrected chi connectivity index (χ1v) is 5.63. The Balaban J connectivity index is 2.55. The third-order valence-electron chi connectivity index (χ3n) is 2.38. The number of nitrogens with zero attached hydrogens (tertiary/aromatic N) is 1. The average molecular weight is 282 g/mol. The fourth-order valence-corrected chi connectivity index (χ4v) is 2.22. The highest BCUT2D eigenvalue weighted by Crippen LogP contribution is 2.28. The molecule has 3 rings (SSSR count). The van der Waals surface area contributed by atoms with E-state index in [9.17, 15) is 0 Å². The SMILES string of the molecule is Clc1ccc2[nH]c3ncc(Br)cc3c2c1. The highest BCUT2D eigenvalue weighted by Gasteiger charge is 2.05. The second-order valence-electron chi connectivity index (χ2n) is 3.36. The number of benzene rings is 1. The van der Waals surface area contributed by atoms with Gasteiger partial charge in [-0.05, 0) is 40.2 Å². The zero-order valence-electron chi connectivity index (χ0n) is 7.59. The van der Waals surface area contributed by atoms with Gasteiger partial charge in [-0.3, -0.25) is 0 Å². The van der Waals surface area contributed by atoms with Crippen LogP contribution < -0.4 is 0 Å². The third kappa shape index (κ3) is 1.43. The second kappa shape index (κ2) is 3.22. The molecule has 0 bridgehead atoms. The third-order valence-corrected chi connectivity index (χ3v) is 3.05. The summed E-state index contributed by atoms with van der Waals surface area (Å²) in [5.41, 5.74) is 1.94. The van der Waals surface area contributed by atoms with E-state index in [0.29, 0.717) is 0 Å². The molecule has 0 spiro atoms. The molecule has 1 N–H and O–H groups in total. The monoisotopic (exact) mass is 280 g/mol. The van der Waals surface area contributed by atoms with E-state index in [4.69, 9.17) is 11.6 Å². The normalized spacial score (nSPS) is 11.3. The van der Waals surface area contributed by atoms with Gasteiger partial charge in [0, 0.05) is 32.0 Å². The van der Waals surface area contributed by atoms with Crippen LogP contribution >= 0.6 is 27.5 Å². The van der Waals surface area contributed by atoms with Crippen LogP contribution in [-0.2, 0) is 0 Å². The molecule has 0 amide bonds. The van der Waals surface area contributed by atoms with Crippen molar-refractivity contribution in [2.24, 2.45) is 0 Å². The Labute approximate surface area is 99.4 Å². The van der Waals surface area contributed by atoms with Crippen molar-refractivity contribution in [1.29, 1.82) is 0 Å². The lowest BCUT2D eigenvalue weighted by Gasteiger charge is -1.92. The summed E-state index contributed by atoms with van der Waals surface area (Å²) in [5.74, 6) is 0. The molecule has 0 aliphatic heterocycles. The standard InChI is InChI=1S/C11H6BrClN2/c12-6-3-9-8-4-7(13)1-2-10(8)15-11(9)14-5-6/h1-5H,(H,14,15). The van der Waals surface area contributed by atoms with E-state index in [1.807, 2.05) is 24.3 Å². The van der Waals surface area contributed by atoms with Gasteiger partial charge in [0.05, 0.1) is 0 Å². The molecule has 2 heterocycles. The number of aromatic nitrogens is 2. The quantitative estimate of drug-likeness (QED) is 0.659. The van der Waals surface area contributed by atoms with Crippen LogP contribution in [0.25, 0.3) is 21.9 Å². The van der Waals surface area contributed by atoms with Crippen molar-refractivity contribution in [1.82, 2.24) is 9.97 Å². The number of hydrogen-bond acceptors (Lipinski definition) is 1. The summed E-state index contributed by atoms with van der Waals surface area (Å²) in [7, 11) is 0. The van der Waals surface area contributed by atoms with Crippen LogP contribution in [-0.4, -0.2) is 9.97 Å². The molecule has 0 saturated heterocycles. The summed E-state index contributed by atoms with van der Waals surface area (Å²) in [4.78, 5) is 7.54. The maximum atomic E-state index is 5.97. The van der Waals surface area contributed by atoms with Gasteiger partial charge in [-0.15, -0.1) is 0 Å². The Morgan fingerprint density at radius 1 is 1.20 bits per heavy atom. The van der Waals surface area contributed by atoms with Crippen LogP contribution in [0.5, 0.6) is 0 Å². The first-order chi connectivity index (χ1) is 7.24. The summed E-state index contributed by atoms with van der Waals surface area (Å²) in [6, 6.07) is 7.82. The predicted octanol–water partition coefficient (Wildman–Crippen LogP) is 4.13.